The number of anilines is 1. The molecule has 0 bridgehead atoms. The molecule has 0 atom stereocenters. The van der Waals surface area contributed by atoms with Crippen molar-refractivity contribution in [3.05, 3.63) is 24.3 Å². The zero-order valence-corrected chi connectivity index (χ0v) is 11.4. The molecule has 0 fully saturated rings. The van der Waals surface area contributed by atoms with Crippen LogP contribution in [-0.4, -0.2) is 38.3 Å². The Morgan fingerprint density at radius 3 is 2.89 bits per heavy atom. The Morgan fingerprint density at radius 1 is 1.33 bits per heavy atom. The maximum absolute atomic E-state index is 5.58. The molecular weight excluding hydrogens is 246 g/mol. The van der Waals surface area contributed by atoms with Crippen molar-refractivity contribution in [1.29, 1.82) is 0 Å². The van der Waals surface area contributed by atoms with Gasteiger partial charge in [-0.1, -0.05) is 23.5 Å². The van der Waals surface area contributed by atoms with E-state index in [0.29, 0.717) is 13.2 Å². The van der Waals surface area contributed by atoms with Crippen molar-refractivity contribution in [2.24, 2.45) is 5.73 Å². The third-order valence-electron chi connectivity index (χ3n) is 2.75. The van der Waals surface area contributed by atoms with Crippen LogP contribution >= 0.6 is 11.3 Å². The Balaban J connectivity index is 2.17. The summed E-state index contributed by atoms with van der Waals surface area (Å²) >= 11 is 1.72. The van der Waals surface area contributed by atoms with Gasteiger partial charge in [0.1, 0.15) is 0 Å². The molecule has 1 aromatic carbocycles. The molecule has 2 aromatic rings. The lowest BCUT2D eigenvalue weighted by molar-refractivity contribution is 0.205. The number of hydrogen-bond acceptors (Lipinski definition) is 5. The lowest BCUT2D eigenvalue weighted by atomic mass is 10.3. The Labute approximate surface area is 111 Å². The molecule has 0 saturated carbocycles. The highest BCUT2D eigenvalue weighted by Gasteiger charge is 2.11. The van der Waals surface area contributed by atoms with Crippen LogP contribution in [0.3, 0.4) is 0 Å². The molecule has 0 radical (unpaired) electrons. The number of nitrogens with two attached hydrogens (primary N) is 1. The van der Waals surface area contributed by atoms with E-state index in [1.165, 1.54) is 4.70 Å². The maximum atomic E-state index is 5.58. The summed E-state index contributed by atoms with van der Waals surface area (Å²) in [5.74, 6) is 0. The molecule has 1 aromatic heterocycles. The van der Waals surface area contributed by atoms with E-state index in [-0.39, 0.29) is 0 Å². The molecule has 0 aliphatic heterocycles. The number of fused-ring (bicyclic) bond motifs is 1. The molecule has 0 aliphatic rings. The molecular formula is C13H19N3OS. The molecule has 18 heavy (non-hydrogen) atoms. The molecule has 2 N–H and O–H groups in total. The van der Waals surface area contributed by atoms with E-state index in [1.54, 1.807) is 18.4 Å². The number of aromatic nitrogens is 1. The number of rotatable bonds is 7. The highest BCUT2D eigenvalue weighted by molar-refractivity contribution is 7.22. The van der Waals surface area contributed by atoms with Crippen molar-refractivity contribution in [2.75, 3.05) is 38.3 Å². The summed E-state index contributed by atoms with van der Waals surface area (Å²) in [5, 5.41) is 1.06. The lowest BCUT2D eigenvalue weighted by Crippen LogP contribution is -2.29. The fourth-order valence-electron chi connectivity index (χ4n) is 1.78. The maximum Gasteiger partial charge on any atom is 0.186 e. The average Bonchev–Trinajstić information content (AvgIpc) is 2.82. The van der Waals surface area contributed by atoms with Gasteiger partial charge in [-0.3, -0.25) is 0 Å². The van der Waals surface area contributed by atoms with Gasteiger partial charge >= 0.3 is 0 Å². The van der Waals surface area contributed by atoms with Gasteiger partial charge < -0.3 is 15.4 Å². The smallest absolute Gasteiger partial charge is 0.186 e. The van der Waals surface area contributed by atoms with Crippen molar-refractivity contribution in [1.82, 2.24) is 4.98 Å². The molecule has 98 valence electrons. The summed E-state index contributed by atoms with van der Waals surface area (Å²) in [7, 11) is 1.72. The topological polar surface area (TPSA) is 51.4 Å². The van der Waals surface area contributed by atoms with E-state index in [9.17, 15) is 0 Å². The summed E-state index contributed by atoms with van der Waals surface area (Å²) in [6.07, 6.45) is 0.972. The van der Waals surface area contributed by atoms with E-state index >= 15 is 0 Å². The van der Waals surface area contributed by atoms with Crippen LogP contribution in [0.15, 0.2) is 24.3 Å². The predicted octanol–water partition coefficient (Wildman–Crippen LogP) is 2.10. The lowest BCUT2D eigenvalue weighted by Gasteiger charge is -2.20. The standard InChI is InChI=1S/C13H19N3OS/c1-17-10-9-16(8-4-7-14)13-15-11-5-2-3-6-12(11)18-13/h2-3,5-6H,4,7-10,14H2,1H3. The molecule has 0 unspecified atom stereocenters. The van der Waals surface area contributed by atoms with Crippen molar-refractivity contribution >= 4 is 26.7 Å². The second kappa shape index (κ2) is 6.68. The first-order valence-electron chi connectivity index (χ1n) is 6.14. The van der Waals surface area contributed by atoms with E-state index in [0.717, 1.165) is 30.2 Å². The predicted molar refractivity (Wildman–Crippen MR) is 77.4 cm³/mol. The Hall–Kier alpha value is -1.17. The Kier molecular flexibility index (Phi) is 4.92. The fraction of sp³-hybridized carbons (Fsp3) is 0.462. The summed E-state index contributed by atoms with van der Waals surface area (Å²) in [6.45, 7) is 3.20. The second-order valence-corrected chi connectivity index (χ2v) is 5.10. The first-order valence-corrected chi connectivity index (χ1v) is 6.96. The van der Waals surface area contributed by atoms with Gasteiger partial charge in [-0.05, 0) is 25.1 Å². The van der Waals surface area contributed by atoms with Crippen LogP contribution in [-0.2, 0) is 4.74 Å². The summed E-state index contributed by atoms with van der Waals surface area (Å²) < 4.78 is 6.38. The highest BCUT2D eigenvalue weighted by atomic mass is 32.1. The number of thiazole rings is 1. The number of nitrogens with zero attached hydrogens (tertiary/aromatic N) is 2. The van der Waals surface area contributed by atoms with E-state index < -0.39 is 0 Å². The van der Waals surface area contributed by atoms with Gasteiger partial charge in [0.25, 0.3) is 0 Å². The minimum absolute atomic E-state index is 0.703. The number of para-hydroxylation sites is 1. The SMILES string of the molecule is COCCN(CCCN)c1nc2ccccc2s1. The van der Waals surface area contributed by atoms with Crippen molar-refractivity contribution in [2.45, 2.75) is 6.42 Å². The van der Waals surface area contributed by atoms with Crippen LogP contribution < -0.4 is 10.6 Å². The summed E-state index contributed by atoms with van der Waals surface area (Å²) in [6, 6.07) is 8.22. The number of ether oxygens (including phenoxy) is 1. The first kappa shape index (κ1) is 13.3. The van der Waals surface area contributed by atoms with Crippen LogP contribution in [0, 0.1) is 0 Å². The molecule has 1 heterocycles. The zero-order chi connectivity index (χ0) is 12.8. The van der Waals surface area contributed by atoms with Crippen LogP contribution in [0.1, 0.15) is 6.42 Å². The van der Waals surface area contributed by atoms with E-state index in [1.807, 2.05) is 18.2 Å². The zero-order valence-electron chi connectivity index (χ0n) is 10.6. The van der Waals surface area contributed by atoms with Crippen LogP contribution in [0.25, 0.3) is 10.2 Å². The summed E-state index contributed by atoms with van der Waals surface area (Å²) in [5.41, 5.74) is 6.65. The number of benzene rings is 1. The van der Waals surface area contributed by atoms with E-state index in [4.69, 9.17) is 10.5 Å². The normalized spacial score (nSPS) is 11.0. The van der Waals surface area contributed by atoms with Crippen molar-refractivity contribution in [3.63, 3.8) is 0 Å². The molecule has 2 rings (SSSR count). The van der Waals surface area contributed by atoms with Crippen LogP contribution in [0.5, 0.6) is 0 Å². The minimum Gasteiger partial charge on any atom is -0.383 e. The van der Waals surface area contributed by atoms with Gasteiger partial charge in [-0.15, -0.1) is 0 Å². The molecule has 5 heteroatoms. The summed E-state index contributed by atoms with van der Waals surface area (Å²) in [4.78, 5) is 6.92. The number of methoxy groups -OCH3 is 1. The highest BCUT2D eigenvalue weighted by Crippen LogP contribution is 2.28. The third-order valence-corrected chi connectivity index (χ3v) is 3.85. The minimum atomic E-state index is 0.703. The van der Waals surface area contributed by atoms with Crippen molar-refractivity contribution in [3.8, 4) is 0 Å². The fourth-order valence-corrected chi connectivity index (χ4v) is 2.80. The van der Waals surface area contributed by atoms with Crippen LogP contribution in [0.2, 0.25) is 0 Å². The molecule has 0 spiro atoms. The molecule has 4 nitrogen and oxygen atoms in total. The Bertz CT molecular complexity index is 445. The first-order chi connectivity index (χ1) is 8.85. The molecule has 0 amide bonds. The quantitative estimate of drug-likeness (QED) is 0.833. The van der Waals surface area contributed by atoms with Crippen LogP contribution in [0.4, 0.5) is 5.13 Å². The van der Waals surface area contributed by atoms with Crippen molar-refractivity contribution < 1.29 is 4.74 Å². The monoisotopic (exact) mass is 265 g/mol. The molecule has 0 saturated heterocycles. The van der Waals surface area contributed by atoms with Gasteiger partial charge in [0, 0.05) is 20.2 Å². The largest absolute Gasteiger partial charge is 0.383 e. The Morgan fingerprint density at radius 2 is 2.17 bits per heavy atom. The van der Waals surface area contributed by atoms with Gasteiger partial charge in [0.05, 0.1) is 16.8 Å². The van der Waals surface area contributed by atoms with Gasteiger partial charge in [0.15, 0.2) is 5.13 Å². The third kappa shape index (κ3) is 3.19. The molecule has 0 aliphatic carbocycles. The van der Waals surface area contributed by atoms with Gasteiger partial charge in [-0.25, -0.2) is 4.98 Å². The average molecular weight is 265 g/mol. The second-order valence-electron chi connectivity index (χ2n) is 4.09. The van der Waals surface area contributed by atoms with Gasteiger partial charge in [0.2, 0.25) is 0 Å². The van der Waals surface area contributed by atoms with E-state index in [2.05, 4.69) is 16.0 Å². The number of hydrogen-bond donors (Lipinski definition) is 1. The van der Waals surface area contributed by atoms with Gasteiger partial charge in [-0.2, -0.15) is 0 Å².